The van der Waals surface area contributed by atoms with Crippen LogP contribution in [0.4, 0.5) is 5.95 Å². The fourth-order valence-electron chi connectivity index (χ4n) is 6.62. The number of likely N-dealkylation sites (N-methyl/N-ethyl adjacent to an activating group) is 1. The van der Waals surface area contributed by atoms with Crippen LogP contribution in [0.5, 0.6) is 0 Å². The minimum atomic E-state index is -0.670. The second kappa shape index (κ2) is 10.3. The quantitative estimate of drug-likeness (QED) is 0.381. The van der Waals surface area contributed by atoms with Crippen molar-refractivity contribution in [3.63, 3.8) is 0 Å². The van der Waals surface area contributed by atoms with E-state index in [2.05, 4.69) is 26.9 Å². The number of aromatic nitrogens is 6. The molecule has 5 heterocycles. The number of imidazole rings is 1. The number of hydrogen-bond donors (Lipinski definition) is 1. The standard InChI is InChI=1S/C28H33ClN8O3/c1-15-6-5-7-16(10-15)21-8-9-22(26(38)35(2)3)37(21)27-32-19-12-20(25-33-28(39)40-34-25)31-23(24(19)36(27)4)17-11-18(29)14-30-13-17/h11-16,21-22H,5-10H2,1-4H3,(H,33,34,39). The van der Waals surface area contributed by atoms with Gasteiger partial charge in [0.1, 0.15) is 11.7 Å². The van der Waals surface area contributed by atoms with E-state index in [1.54, 1.807) is 29.4 Å². The predicted molar refractivity (Wildman–Crippen MR) is 152 cm³/mol. The van der Waals surface area contributed by atoms with Crippen LogP contribution in [0.2, 0.25) is 5.02 Å². The van der Waals surface area contributed by atoms with Crippen LogP contribution in [0.25, 0.3) is 33.8 Å². The van der Waals surface area contributed by atoms with Crippen molar-refractivity contribution in [1.82, 2.24) is 34.6 Å². The van der Waals surface area contributed by atoms with E-state index in [0.717, 1.165) is 37.1 Å². The Hall–Kier alpha value is -3.73. The largest absolute Gasteiger partial charge is 0.439 e. The minimum Gasteiger partial charge on any atom is -0.347 e. The number of nitrogens with one attached hydrogen (secondary N) is 1. The average Bonchev–Trinajstić information content (AvgIpc) is 3.64. The number of hydrogen-bond acceptors (Lipinski definition) is 8. The first-order valence-electron chi connectivity index (χ1n) is 13.8. The zero-order valence-electron chi connectivity index (χ0n) is 23.1. The molecule has 1 saturated carbocycles. The molecular formula is C28H33ClN8O3. The highest BCUT2D eigenvalue weighted by Gasteiger charge is 2.44. The Bertz CT molecular complexity index is 1630. The Kier molecular flexibility index (Phi) is 6.85. The van der Waals surface area contributed by atoms with E-state index in [1.165, 1.54) is 12.8 Å². The zero-order valence-corrected chi connectivity index (χ0v) is 23.9. The molecule has 1 amide bonds. The lowest BCUT2D eigenvalue weighted by Crippen LogP contribution is -2.49. The molecule has 2 aliphatic rings. The van der Waals surface area contributed by atoms with Gasteiger partial charge in [0.15, 0.2) is 0 Å². The first-order chi connectivity index (χ1) is 19.2. The van der Waals surface area contributed by atoms with Crippen LogP contribution in [0.15, 0.2) is 33.8 Å². The van der Waals surface area contributed by atoms with Crippen molar-refractivity contribution >= 4 is 34.5 Å². The van der Waals surface area contributed by atoms with Crippen molar-refractivity contribution in [3.8, 4) is 22.8 Å². The van der Waals surface area contributed by atoms with Gasteiger partial charge in [0.25, 0.3) is 0 Å². The van der Waals surface area contributed by atoms with Crippen molar-refractivity contribution in [2.45, 2.75) is 57.5 Å². The van der Waals surface area contributed by atoms with E-state index in [9.17, 15) is 9.59 Å². The lowest BCUT2D eigenvalue weighted by Gasteiger charge is -2.39. The monoisotopic (exact) mass is 564 g/mol. The van der Waals surface area contributed by atoms with E-state index in [-0.39, 0.29) is 23.8 Å². The van der Waals surface area contributed by atoms with Gasteiger partial charge < -0.3 is 14.4 Å². The summed E-state index contributed by atoms with van der Waals surface area (Å²) in [5.41, 5.74) is 3.11. The number of carbonyl (C=O) groups is 1. The topological polar surface area (TPSA) is 126 Å². The molecule has 1 aliphatic carbocycles. The number of aryl methyl sites for hydroxylation is 1. The summed E-state index contributed by atoms with van der Waals surface area (Å²) in [6.07, 6.45) is 9.75. The molecule has 0 bridgehead atoms. The van der Waals surface area contributed by atoms with Gasteiger partial charge >= 0.3 is 5.76 Å². The Balaban J connectivity index is 1.55. The molecular weight excluding hydrogens is 532 g/mol. The normalized spacial score (nSPS) is 23.2. The van der Waals surface area contributed by atoms with Crippen LogP contribution < -0.4 is 10.7 Å². The van der Waals surface area contributed by atoms with Gasteiger partial charge in [-0.2, -0.15) is 0 Å². The molecule has 210 valence electrons. The molecule has 1 aliphatic heterocycles. The van der Waals surface area contributed by atoms with Gasteiger partial charge in [-0.05, 0) is 49.7 Å². The molecule has 4 aromatic heterocycles. The van der Waals surface area contributed by atoms with Gasteiger partial charge in [-0.1, -0.05) is 36.5 Å². The van der Waals surface area contributed by atoms with Gasteiger partial charge in [0, 0.05) is 45.1 Å². The second-order valence-electron chi connectivity index (χ2n) is 11.4. The lowest BCUT2D eigenvalue weighted by atomic mass is 9.78. The maximum absolute atomic E-state index is 13.5. The number of anilines is 1. The predicted octanol–water partition coefficient (Wildman–Crippen LogP) is 4.28. The maximum atomic E-state index is 13.5. The first-order valence-corrected chi connectivity index (χ1v) is 14.1. The van der Waals surface area contributed by atoms with Gasteiger partial charge in [-0.25, -0.2) is 14.8 Å². The molecule has 40 heavy (non-hydrogen) atoms. The van der Waals surface area contributed by atoms with Crippen molar-refractivity contribution in [2.75, 3.05) is 19.0 Å². The molecule has 11 nitrogen and oxygen atoms in total. The Morgan fingerprint density at radius 1 is 1.15 bits per heavy atom. The van der Waals surface area contributed by atoms with E-state index in [0.29, 0.717) is 39.3 Å². The Morgan fingerprint density at radius 3 is 2.67 bits per heavy atom. The summed E-state index contributed by atoms with van der Waals surface area (Å²) in [6.45, 7) is 2.33. The van der Waals surface area contributed by atoms with Gasteiger partial charge in [0.05, 0.1) is 21.7 Å². The lowest BCUT2D eigenvalue weighted by molar-refractivity contribution is -0.129. The molecule has 0 spiro atoms. The zero-order chi connectivity index (χ0) is 28.1. The first kappa shape index (κ1) is 26.5. The SMILES string of the molecule is CC1CCCC(C2CCC(C(=O)N(C)C)N2c2nc3cc(-c4noc(=O)[nH]4)nc(-c4cncc(Cl)c4)c3n2C)C1. The van der Waals surface area contributed by atoms with E-state index >= 15 is 0 Å². The van der Waals surface area contributed by atoms with Crippen LogP contribution in [0.1, 0.15) is 45.4 Å². The number of carbonyl (C=O) groups excluding carboxylic acids is 1. The molecule has 0 aromatic carbocycles. The summed E-state index contributed by atoms with van der Waals surface area (Å²) >= 11 is 6.32. The van der Waals surface area contributed by atoms with Crippen molar-refractivity contribution < 1.29 is 9.32 Å². The molecule has 0 radical (unpaired) electrons. The number of fused-ring (bicyclic) bond motifs is 1. The molecule has 2 fully saturated rings. The molecule has 4 aromatic rings. The van der Waals surface area contributed by atoms with E-state index in [4.69, 9.17) is 26.1 Å². The van der Waals surface area contributed by atoms with Crippen molar-refractivity contribution in [3.05, 3.63) is 40.1 Å². The Morgan fingerprint density at radius 2 is 1.98 bits per heavy atom. The molecule has 1 N–H and O–H groups in total. The molecule has 1 saturated heterocycles. The summed E-state index contributed by atoms with van der Waals surface area (Å²) in [5.74, 6) is 1.50. The molecule has 12 heteroatoms. The van der Waals surface area contributed by atoms with Crippen molar-refractivity contribution in [2.24, 2.45) is 18.9 Å². The molecule has 6 rings (SSSR count). The minimum absolute atomic E-state index is 0.0802. The van der Waals surface area contributed by atoms with E-state index in [1.807, 2.05) is 25.7 Å². The number of amides is 1. The number of aromatic amines is 1. The number of halogens is 1. The number of H-pyrrole nitrogens is 1. The van der Waals surface area contributed by atoms with Crippen LogP contribution in [0.3, 0.4) is 0 Å². The molecule has 4 atom stereocenters. The van der Waals surface area contributed by atoms with Crippen LogP contribution >= 0.6 is 11.6 Å². The summed E-state index contributed by atoms with van der Waals surface area (Å²) in [4.78, 5) is 46.0. The molecule has 4 unspecified atom stereocenters. The summed E-state index contributed by atoms with van der Waals surface area (Å²) in [5, 5.41) is 4.31. The maximum Gasteiger partial charge on any atom is 0.439 e. The summed E-state index contributed by atoms with van der Waals surface area (Å²) < 4.78 is 6.77. The fraction of sp³-hybridized carbons (Fsp3) is 0.500. The third kappa shape index (κ3) is 4.66. The second-order valence-corrected chi connectivity index (χ2v) is 11.8. The highest BCUT2D eigenvalue weighted by atomic mass is 35.5. The van der Waals surface area contributed by atoms with Crippen LogP contribution in [0, 0.1) is 11.8 Å². The number of rotatable bonds is 5. The van der Waals surface area contributed by atoms with Crippen LogP contribution in [-0.4, -0.2) is 66.6 Å². The summed E-state index contributed by atoms with van der Waals surface area (Å²) in [7, 11) is 5.58. The third-order valence-corrected chi connectivity index (χ3v) is 8.60. The Labute approximate surface area is 236 Å². The van der Waals surface area contributed by atoms with Gasteiger partial charge in [-0.15, -0.1) is 0 Å². The number of nitrogens with zero attached hydrogens (tertiary/aromatic N) is 7. The van der Waals surface area contributed by atoms with Gasteiger partial charge in [-0.3, -0.25) is 19.3 Å². The number of pyridine rings is 2. The fourth-order valence-corrected chi connectivity index (χ4v) is 6.79. The highest BCUT2D eigenvalue weighted by Crippen LogP contribution is 2.43. The average molecular weight is 565 g/mol. The van der Waals surface area contributed by atoms with E-state index < -0.39 is 5.76 Å². The van der Waals surface area contributed by atoms with Crippen molar-refractivity contribution in [1.29, 1.82) is 0 Å². The smallest absolute Gasteiger partial charge is 0.347 e. The highest BCUT2D eigenvalue weighted by molar-refractivity contribution is 6.30. The van der Waals surface area contributed by atoms with Gasteiger partial charge in [0.2, 0.25) is 17.7 Å². The third-order valence-electron chi connectivity index (χ3n) is 8.40. The van der Waals surface area contributed by atoms with Crippen LogP contribution in [-0.2, 0) is 11.8 Å². The summed E-state index contributed by atoms with van der Waals surface area (Å²) in [6, 6.07) is 3.48.